The molecule has 0 atom stereocenters. The Balaban J connectivity index is 3.25. The predicted molar refractivity (Wildman–Crippen MR) is 81.5 cm³/mol. The van der Waals surface area contributed by atoms with Gasteiger partial charge in [0.15, 0.2) is 0 Å². The van der Waals surface area contributed by atoms with Gasteiger partial charge in [-0.25, -0.2) is 15.8 Å². The third-order valence-corrected chi connectivity index (χ3v) is 3.08. The van der Waals surface area contributed by atoms with Crippen molar-refractivity contribution in [1.82, 2.24) is 9.97 Å². The molecule has 0 aliphatic heterocycles. The molecule has 0 saturated heterocycles. The SMILES string of the molecule is CCCN(CCC)c1nc(C(C)C)nc(NN)c1C. The van der Waals surface area contributed by atoms with Crippen LogP contribution in [0.2, 0.25) is 0 Å². The molecule has 1 aromatic heterocycles. The minimum atomic E-state index is 0.288. The minimum absolute atomic E-state index is 0.288. The van der Waals surface area contributed by atoms with Gasteiger partial charge in [0.1, 0.15) is 17.5 Å². The van der Waals surface area contributed by atoms with E-state index in [0.717, 1.165) is 49.0 Å². The Bertz CT molecular complexity index is 397. The molecule has 5 nitrogen and oxygen atoms in total. The van der Waals surface area contributed by atoms with E-state index in [0.29, 0.717) is 0 Å². The molecule has 5 heteroatoms. The first-order chi connectivity index (χ1) is 9.04. The van der Waals surface area contributed by atoms with E-state index >= 15 is 0 Å². The number of aromatic nitrogens is 2. The van der Waals surface area contributed by atoms with E-state index in [1.807, 2.05) is 6.92 Å². The number of nitrogen functional groups attached to an aromatic ring is 1. The van der Waals surface area contributed by atoms with Crippen LogP contribution in [0.25, 0.3) is 0 Å². The molecule has 0 aliphatic carbocycles. The standard InChI is InChI=1S/C14H27N5/c1-6-8-19(9-7-2)14-11(5)13(18-15)16-12(17-14)10(3)4/h10H,6-9,15H2,1-5H3,(H,16,17,18). The zero-order valence-corrected chi connectivity index (χ0v) is 12.8. The Kier molecular flexibility index (Phi) is 6.02. The van der Waals surface area contributed by atoms with Gasteiger partial charge in [-0.05, 0) is 19.8 Å². The summed E-state index contributed by atoms with van der Waals surface area (Å²) < 4.78 is 0. The number of nitrogens with two attached hydrogens (primary N) is 1. The second-order valence-electron chi connectivity index (χ2n) is 5.17. The molecule has 1 aromatic rings. The first kappa shape index (κ1) is 15.7. The number of hydrogen-bond acceptors (Lipinski definition) is 5. The van der Waals surface area contributed by atoms with Crippen molar-refractivity contribution in [3.05, 3.63) is 11.4 Å². The molecule has 0 saturated carbocycles. The molecule has 0 amide bonds. The fourth-order valence-corrected chi connectivity index (χ4v) is 2.09. The molecule has 0 unspecified atom stereocenters. The first-order valence-electron chi connectivity index (χ1n) is 7.15. The van der Waals surface area contributed by atoms with Gasteiger partial charge in [-0.15, -0.1) is 0 Å². The second kappa shape index (κ2) is 7.28. The number of nitrogens with one attached hydrogen (secondary N) is 1. The zero-order chi connectivity index (χ0) is 14.4. The van der Waals surface area contributed by atoms with Crippen LogP contribution in [0.4, 0.5) is 11.6 Å². The van der Waals surface area contributed by atoms with E-state index in [2.05, 4.69) is 43.0 Å². The van der Waals surface area contributed by atoms with E-state index in [1.165, 1.54) is 0 Å². The van der Waals surface area contributed by atoms with Crippen LogP contribution >= 0.6 is 0 Å². The highest BCUT2D eigenvalue weighted by atomic mass is 15.3. The number of anilines is 2. The lowest BCUT2D eigenvalue weighted by atomic mass is 10.2. The van der Waals surface area contributed by atoms with E-state index in [1.54, 1.807) is 0 Å². The van der Waals surface area contributed by atoms with Crippen molar-refractivity contribution in [1.29, 1.82) is 0 Å². The van der Waals surface area contributed by atoms with E-state index in [9.17, 15) is 0 Å². The Morgan fingerprint density at radius 1 is 1.16 bits per heavy atom. The highest BCUT2D eigenvalue weighted by molar-refractivity contribution is 5.58. The molecule has 0 spiro atoms. The van der Waals surface area contributed by atoms with Crippen LogP contribution in [-0.4, -0.2) is 23.1 Å². The van der Waals surface area contributed by atoms with Crippen LogP contribution in [0, 0.1) is 6.92 Å². The molecule has 0 aromatic carbocycles. The molecule has 0 radical (unpaired) electrons. The summed E-state index contributed by atoms with van der Waals surface area (Å²) in [6.07, 6.45) is 2.21. The summed E-state index contributed by atoms with van der Waals surface area (Å²) in [5, 5.41) is 0. The van der Waals surface area contributed by atoms with Gasteiger partial charge in [0.05, 0.1) is 0 Å². The van der Waals surface area contributed by atoms with Crippen molar-refractivity contribution in [2.45, 2.75) is 53.4 Å². The summed E-state index contributed by atoms with van der Waals surface area (Å²) in [6.45, 7) is 12.6. The quantitative estimate of drug-likeness (QED) is 0.586. The fourth-order valence-electron chi connectivity index (χ4n) is 2.09. The average Bonchev–Trinajstić information content (AvgIpc) is 2.38. The molecule has 3 N–H and O–H groups in total. The van der Waals surface area contributed by atoms with Crippen molar-refractivity contribution in [2.75, 3.05) is 23.4 Å². The number of rotatable bonds is 7. The first-order valence-corrected chi connectivity index (χ1v) is 7.15. The minimum Gasteiger partial charge on any atom is -0.356 e. The van der Waals surface area contributed by atoms with Gasteiger partial charge in [0.25, 0.3) is 0 Å². The molecular formula is C14H27N5. The van der Waals surface area contributed by atoms with Crippen LogP contribution < -0.4 is 16.2 Å². The van der Waals surface area contributed by atoms with Gasteiger partial charge in [-0.2, -0.15) is 0 Å². The summed E-state index contributed by atoms with van der Waals surface area (Å²) in [5.74, 6) is 8.44. The maximum absolute atomic E-state index is 5.58. The van der Waals surface area contributed by atoms with Gasteiger partial charge in [0, 0.05) is 24.6 Å². The topological polar surface area (TPSA) is 67.1 Å². The predicted octanol–water partition coefficient (Wildman–Crippen LogP) is 2.82. The summed E-state index contributed by atoms with van der Waals surface area (Å²) in [4.78, 5) is 11.5. The summed E-state index contributed by atoms with van der Waals surface area (Å²) in [5.41, 5.74) is 3.71. The summed E-state index contributed by atoms with van der Waals surface area (Å²) in [7, 11) is 0. The van der Waals surface area contributed by atoms with Crippen molar-refractivity contribution < 1.29 is 0 Å². The lowest BCUT2D eigenvalue weighted by molar-refractivity contribution is 0.710. The van der Waals surface area contributed by atoms with Crippen molar-refractivity contribution in [3.8, 4) is 0 Å². The van der Waals surface area contributed by atoms with Gasteiger partial charge >= 0.3 is 0 Å². The molecule has 1 rings (SSSR count). The maximum Gasteiger partial charge on any atom is 0.148 e. The molecule has 1 heterocycles. The Hall–Kier alpha value is -1.36. The monoisotopic (exact) mass is 265 g/mol. The van der Waals surface area contributed by atoms with Crippen molar-refractivity contribution >= 4 is 11.6 Å². The van der Waals surface area contributed by atoms with Crippen LogP contribution in [0.15, 0.2) is 0 Å². The normalized spacial score (nSPS) is 10.9. The molecule has 108 valence electrons. The van der Waals surface area contributed by atoms with Gasteiger partial charge in [-0.1, -0.05) is 27.7 Å². The van der Waals surface area contributed by atoms with Crippen molar-refractivity contribution in [3.63, 3.8) is 0 Å². The van der Waals surface area contributed by atoms with Crippen LogP contribution in [0.1, 0.15) is 57.8 Å². The van der Waals surface area contributed by atoms with Gasteiger partial charge in [0.2, 0.25) is 0 Å². The third-order valence-electron chi connectivity index (χ3n) is 3.08. The average molecular weight is 265 g/mol. The molecule has 19 heavy (non-hydrogen) atoms. The number of nitrogens with zero attached hydrogens (tertiary/aromatic N) is 3. The third kappa shape index (κ3) is 3.80. The molecule has 0 aliphatic rings. The van der Waals surface area contributed by atoms with Gasteiger partial charge < -0.3 is 10.3 Å². The zero-order valence-electron chi connectivity index (χ0n) is 12.8. The lowest BCUT2D eigenvalue weighted by Crippen LogP contribution is -2.28. The number of hydrazine groups is 1. The lowest BCUT2D eigenvalue weighted by Gasteiger charge is -2.26. The van der Waals surface area contributed by atoms with Crippen LogP contribution in [0.3, 0.4) is 0 Å². The second-order valence-corrected chi connectivity index (χ2v) is 5.17. The summed E-state index contributed by atoms with van der Waals surface area (Å²) in [6, 6.07) is 0. The van der Waals surface area contributed by atoms with E-state index < -0.39 is 0 Å². The molecule has 0 fully saturated rings. The van der Waals surface area contributed by atoms with E-state index in [4.69, 9.17) is 10.8 Å². The maximum atomic E-state index is 5.58. The van der Waals surface area contributed by atoms with E-state index in [-0.39, 0.29) is 5.92 Å². The highest BCUT2D eigenvalue weighted by Crippen LogP contribution is 2.25. The highest BCUT2D eigenvalue weighted by Gasteiger charge is 2.16. The summed E-state index contributed by atoms with van der Waals surface area (Å²) >= 11 is 0. The van der Waals surface area contributed by atoms with Gasteiger partial charge in [-0.3, -0.25) is 0 Å². The Labute approximate surface area is 116 Å². The van der Waals surface area contributed by atoms with Crippen LogP contribution in [0.5, 0.6) is 0 Å². The molecular weight excluding hydrogens is 238 g/mol. The molecule has 0 bridgehead atoms. The fraction of sp³-hybridized carbons (Fsp3) is 0.714. The number of hydrogen-bond donors (Lipinski definition) is 2. The Morgan fingerprint density at radius 2 is 1.74 bits per heavy atom. The van der Waals surface area contributed by atoms with Crippen molar-refractivity contribution in [2.24, 2.45) is 5.84 Å². The largest absolute Gasteiger partial charge is 0.356 e. The Morgan fingerprint density at radius 3 is 2.16 bits per heavy atom. The van der Waals surface area contributed by atoms with Crippen LogP contribution in [-0.2, 0) is 0 Å². The smallest absolute Gasteiger partial charge is 0.148 e.